The Bertz CT molecular complexity index is 2190. The Labute approximate surface area is 262 Å². The zero-order valence-corrected chi connectivity index (χ0v) is 24.3. The smallest absolute Gasteiger partial charge is 0.103 e. The van der Waals surface area contributed by atoms with Crippen molar-refractivity contribution in [2.24, 2.45) is 0 Å². The van der Waals surface area contributed by atoms with Crippen molar-refractivity contribution in [2.75, 3.05) is 0 Å². The third-order valence-electron chi connectivity index (χ3n) is 7.99. The standard InChI is InChI=1S/C41H26N4/c42-26-33-28-44-45(34-24-14-5-15-25-34)41(33)40-35(27-43)36(29-16-6-1-7-17-29)37(30-18-8-2-9-19-30)38(31-20-10-3-11-21-31)39(40)32-22-12-4-13-23-32/h1-25,28H. The van der Waals surface area contributed by atoms with E-state index in [1.807, 2.05) is 115 Å². The molecule has 0 bridgehead atoms. The van der Waals surface area contributed by atoms with E-state index < -0.39 is 0 Å². The molecule has 1 aromatic heterocycles. The van der Waals surface area contributed by atoms with E-state index in [0.29, 0.717) is 22.4 Å². The van der Waals surface area contributed by atoms with Crippen molar-refractivity contribution in [2.45, 2.75) is 0 Å². The molecule has 4 heteroatoms. The molecular weight excluding hydrogens is 548 g/mol. The Kier molecular flexibility index (Phi) is 7.30. The lowest BCUT2D eigenvalue weighted by molar-refractivity contribution is 0.888. The van der Waals surface area contributed by atoms with Crippen LogP contribution in [0.1, 0.15) is 11.1 Å². The summed E-state index contributed by atoms with van der Waals surface area (Å²) in [4.78, 5) is 0. The van der Waals surface area contributed by atoms with Crippen LogP contribution in [0.5, 0.6) is 0 Å². The van der Waals surface area contributed by atoms with Crippen LogP contribution in [0.4, 0.5) is 0 Å². The first kappa shape index (κ1) is 27.3. The molecule has 0 amide bonds. The highest BCUT2D eigenvalue weighted by atomic mass is 15.3. The number of aromatic nitrogens is 2. The molecule has 0 unspecified atom stereocenters. The van der Waals surface area contributed by atoms with E-state index in [4.69, 9.17) is 5.10 Å². The Hall–Kier alpha value is -6.49. The summed E-state index contributed by atoms with van der Waals surface area (Å²) >= 11 is 0. The molecule has 6 aromatic carbocycles. The van der Waals surface area contributed by atoms with Gasteiger partial charge < -0.3 is 0 Å². The maximum atomic E-state index is 11.2. The molecular formula is C41H26N4. The highest BCUT2D eigenvalue weighted by Crippen LogP contribution is 2.53. The Morgan fingerprint density at radius 3 is 1.22 bits per heavy atom. The Morgan fingerprint density at radius 1 is 0.422 bits per heavy atom. The molecule has 0 aliphatic rings. The van der Waals surface area contributed by atoms with Gasteiger partial charge in [0.05, 0.1) is 28.7 Å². The van der Waals surface area contributed by atoms with Crippen LogP contribution < -0.4 is 0 Å². The second kappa shape index (κ2) is 12.0. The number of rotatable bonds is 6. The van der Waals surface area contributed by atoms with Gasteiger partial charge in [0.15, 0.2) is 0 Å². The summed E-state index contributed by atoms with van der Waals surface area (Å²) in [5.74, 6) is 0. The number of hydrogen-bond acceptors (Lipinski definition) is 3. The predicted molar refractivity (Wildman–Crippen MR) is 180 cm³/mol. The van der Waals surface area contributed by atoms with Gasteiger partial charge in [-0.3, -0.25) is 0 Å². The van der Waals surface area contributed by atoms with Crippen molar-refractivity contribution in [3.05, 3.63) is 169 Å². The number of nitriles is 2. The fraction of sp³-hybridized carbons (Fsp3) is 0. The van der Waals surface area contributed by atoms with Gasteiger partial charge in [0, 0.05) is 16.7 Å². The summed E-state index contributed by atoms with van der Waals surface area (Å²) in [5.41, 5.74) is 10.4. The summed E-state index contributed by atoms with van der Waals surface area (Å²) in [6.07, 6.45) is 1.59. The van der Waals surface area contributed by atoms with Crippen LogP contribution in [0.3, 0.4) is 0 Å². The van der Waals surface area contributed by atoms with E-state index in [9.17, 15) is 10.5 Å². The summed E-state index contributed by atoms with van der Waals surface area (Å²) in [7, 11) is 0. The second-order valence-electron chi connectivity index (χ2n) is 10.6. The van der Waals surface area contributed by atoms with Crippen molar-refractivity contribution < 1.29 is 0 Å². The van der Waals surface area contributed by atoms with Crippen LogP contribution in [0.15, 0.2) is 158 Å². The lowest BCUT2D eigenvalue weighted by Crippen LogP contribution is -2.06. The summed E-state index contributed by atoms with van der Waals surface area (Å²) < 4.78 is 1.78. The SMILES string of the molecule is N#Cc1cnn(-c2ccccc2)c1-c1c(C#N)c(-c2ccccc2)c(-c2ccccc2)c(-c2ccccc2)c1-c1ccccc1. The van der Waals surface area contributed by atoms with Crippen molar-refractivity contribution in [1.29, 1.82) is 10.5 Å². The van der Waals surface area contributed by atoms with Crippen LogP contribution >= 0.6 is 0 Å². The predicted octanol–water partition coefficient (Wildman–Crippen LogP) is 9.95. The third kappa shape index (κ3) is 4.87. The molecule has 0 saturated carbocycles. The van der Waals surface area contributed by atoms with E-state index in [0.717, 1.165) is 50.2 Å². The monoisotopic (exact) mass is 574 g/mol. The molecule has 0 saturated heterocycles. The van der Waals surface area contributed by atoms with Crippen molar-refractivity contribution in [3.63, 3.8) is 0 Å². The molecule has 7 rings (SSSR count). The minimum atomic E-state index is 0.387. The molecule has 0 aliphatic carbocycles. The van der Waals surface area contributed by atoms with E-state index in [1.54, 1.807) is 10.9 Å². The lowest BCUT2D eigenvalue weighted by Gasteiger charge is -2.26. The summed E-state index contributed by atoms with van der Waals surface area (Å²) in [5, 5.41) is 26.4. The quantitative estimate of drug-likeness (QED) is 0.198. The maximum Gasteiger partial charge on any atom is 0.103 e. The number of hydrogen-bond donors (Lipinski definition) is 0. The molecule has 0 N–H and O–H groups in total. The van der Waals surface area contributed by atoms with Crippen molar-refractivity contribution >= 4 is 0 Å². The minimum absolute atomic E-state index is 0.387. The van der Waals surface area contributed by atoms with Gasteiger partial charge in [0.1, 0.15) is 12.1 Å². The molecule has 0 aliphatic heterocycles. The number of para-hydroxylation sites is 1. The Balaban J connectivity index is 1.79. The van der Waals surface area contributed by atoms with Gasteiger partial charge in [-0.25, -0.2) is 4.68 Å². The molecule has 4 nitrogen and oxygen atoms in total. The van der Waals surface area contributed by atoms with Crippen LogP contribution in [-0.2, 0) is 0 Å². The summed E-state index contributed by atoms with van der Waals surface area (Å²) in [6, 6.07) is 55.5. The topological polar surface area (TPSA) is 65.4 Å². The van der Waals surface area contributed by atoms with Crippen molar-refractivity contribution in [1.82, 2.24) is 9.78 Å². The van der Waals surface area contributed by atoms with E-state index >= 15 is 0 Å². The van der Waals surface area contributed by atoms with E-state index in [1.165, 1.54) is 0 Å². The Morgan fingerprint density at radius 2 is 0.800 bits per heavy atom. The van der Waals surface area contributed by atoms with Gasteiger partial charge in [0.25, 0.3) is 0 Å². The van der Waals surface area contributed by atoms with Crippen molar-refractivity contribution in [3.8, 4) is 73.6 Å². The molecule has 210 valence electrons. The van der Waals surface area contributed by atoms with Gasteiger partial charge in [-0.15, -0.1) is 0 Å². The van der Waals surface area contributed by atoms with E-state index in [-0.39, 0.29) is 0 Å². The zero-order chi connectivity index (χ0) is 30.6. The number of nitrogens with zero attached hydrogens (tertiary/aromatic N) is 4. The molecule has 0 fully saturated rings. The average Bonchev–Trinajstić information content (AvgIpc) is 3.56. The molecule has 1 heterocycles. The third-order valence-corrected chi connectivity index (χ3v) is 7.99. The first-order valence-corrected chi connectivity index (χ1v) is 14.7. The van der Waals surface area contributed by atoms with Gasteiger partial charge in [-0.05, 0) is 45.5 Å². The van der Waals surface area contributed by atoms with Gasteiger partial charge in [-0.1, -0.05) is 140 Å². The molecule has 7 aromatic rings. The fourth-order valence-electron chi connectivity index (χ4n) is 6.11. The molecule has 0 spiro atoms. The fourth-order valence-corrected chi connectivity index (χ4v) is 6.11. The maximum absolute atomic E-state index is 11.2. The first-order chi connectivity index (χ1) is 22.3. The number of benzene rings is 6. The highest BCUT2D eigenvalue weighted by molar-refractivity contribution is 6.10. The molecule has 45 heavy (non-hydrogen) atoms. The second-order valence-corrected chi connectivity index (χ2v) is 10.6. The van der Waals surface area contributed by atoms with Gasteiger partial charge in [0.2, 0.25) is 0 Å². The van der Waals surface area contributed by atoms with Crippen LogP contribution in [0, 0.1) is 22.7 Å². The van der Waals surface area contributed by atoms with Crippen LogP contribution in [0.2, 0.25) is 0 Å². The largest absolute Gasteiger partial charge is 0.232 e. The zero-order valence-electron chi connectivity index (χ0n) is 24.3. The first-order valence-electron chi connectivity index (χ1n) is 14.7. The van der Waals surface area contributed by atoms with Crippen LogP contribution in [-0.4, -0.2) is 9.78 Å². The normalized spacial score (nSPS) is 10.6. The van der Waals surface area contributed by atoms with Crippen LogP contribution in [0.25, 0.3) is 61.5 Å². The van der Waals surface area contributed by atoms with Gasteiger partial charge >= 0.3 is 0 Å². The average molecular weight is 575 g/mol. The summed E-state index contributed by atoms with van der Waals surface area (Å²) in [6.45, 7) is 0. The minimum Gasteiger partial charge on any atom is -0.232 e. The molecule has 0 atom stereocenters. The van der Waals surface area contributed by atoms with E-state index in [2.05, 4.69) is 48.5 Å². The highest BCUT2D eigenvalue weighted by Gasteiger charge is 2.31. The molecule has 0 radical (unpaired) electrons. The van der Waals surface area contributed by atoms with Gasteiger partial charge in [-0.2, -0.15) is 15.6 Å². The lowest BCUT2D eigenvalue weighted by atomic mass is 9.76.